The fourth-order valence-corrected chi connectivity index (χ4v) is 1.11. The summed E-state index contributed by atoms with van der Waals surface area (Å²) < 4.78 is 26.2. The van der Waals surface area contributed by atoms with E-state index < -0.39 is 11.6 Å². The van der Waals surface area contributed by atoms with Crippen molar-refractivity contribution in [2.24, 2.45) is 0 Å². The molecule has 0 atom stereocenters. The van der Waals surface area contributed by atoms with Gasteiger partial charge in [0.25, 0.3) is 0 Å². The van der Waals surface area contributed by atoms with Crippen molar-refractivity contribution in [2.45, 2.75) is 54.4 Å². The van der Waals surface area contributed by atoms with Crippen molar-refractivity contribution in [1.82, 2.24) is 4.98 Å². The quantitative estimate of drug-likeness (QED) is 0.673. The number of aromatic nitrogens is 1. The molecule has 3 heteroatoms. The van der Waals surface area contributed by atoms with Gasteiger partial charge in [0.15, 0.2) is 5.82 Å². The Morgan fingerprint density at radius 2 is 1.50 bits per heavy atom. The van der Waals surface area contributed by atoms with Crippen molar-refractivity contribution in [3.63, 3.8) is 0 Å². The van der Waals surface area contributed by atoms with Gasteiger partial charge in [0.1, 0.15) is 5.82 Å². The summed E-state index contributed by atoms with van der Waals surface area (Å²) in [6.45, 7) is 13.0. The summed E-state index contributed by atoms with van der Waals surface area (Å²) in [6, 6.07) is 0. The second kappa shape index (κ2) is 9.25. The summed E-state index contributed by atoms with van der Waals surface area (Å²) in [5.74, 6) is -1.23. The number of halogens is 2. The lowest BCUT2D eigenvalue weighted by Gasteiger charge is -2.08. The zero-order valence-electron chi connectivity index (χ0n) is 11.4. The Morgan fingerprint density at radius 1 is 1.06 bits per heavy atom. The molecule has 0 fully saturated rings. The van der Waals surface area contributed by atoms with E-state index >= 15 is 0 Å². The van der Waals surface area contributed by atoms with Gasteiger partial charge >= 0.3 is 0 Å². The standard InChI is InChI=1S/C9H11F2N.2C2H6/c1-5(2)8-7(10)4-12-6(3)9(8)11;2*1-2/h4-5H,1-3H3;2*1-2H3. The van der Waals surface area contributed by atoms with E-state index in [2.05, 4.69) is 4.98 Å². The molecule has 1 heterocycles. The average Bonchev–Trinajstić information content (AvgIpc) is 2.29. The van der Waals surface area contributed by atoms with Gasteiger partial charge in [-0.1, -0.05) is 41.5 Å². The van der Waals surface area contributed by atoms with Crippen LogP contribution in [0.3, 0.4) is 0 Å². The van der Waals surface area contributed by atoms with Crippen LogP contribution in [0.1, 0.15) is 58.7 Å². The summed E-state index contributed by atoms with van der Waals surface area (Å²) in [6.07, 6.45) is 1.06. The van der Waals surface area contributed by atoms with Gasteiger partial charge in [-0.2, -0.15) is 0 Å². The van der Waals surface area contributed by atoms with Gasteiger partial charge < -0.3 is 0 Å². The average molecular weight is 231 g/mol. The SMILES string of the molecule is CC.CC.Cc1ncc(F)c(C(C)C)c1F. The topological polar surface area (TPSA) is 12.9 Å². The Labute approximate surface area is 97.9 Å². The molecule has 1 nitrogen and oxygen atoms in total. The second-order valence-corrected chi connectivity index (χ2v) is 3.07. The Bertz CT molecular complexity index is 296. The zero-order valence-corrected chi connectivity index (χ0v) is 11.4. The van der Waals surface area contributed by atoms with Gasteiger partial charge in [-0.25, -0.2) is 8.78 Å². The van der Waals surface area contributed by atoms with Crippen LogP contribution in [-0.4, -0.2) is 4.98 Å². The molecule has 0 saturated carbocycles. The van der Waals surface area contributed by atoms with E-state index in [1.165, 1.54) is 6.92 Å². The van der Waals surface area contributed by atoms with Crippen LogP contribution >= 0.6 is 0 Å². The number of nitrogens with zero attached hydrogens (tertiary/aromatic N) is 1. The lowest BCUT2D eigenvalue weighted by Crippen LogP contribution is -2.02. The maximum Gasteiger partial charge on any atom is 0.150 e. The van der Waals surface area contributed by atoms with Crippen molar-refractivity contribution in [3.8, 4) is 0 Å². The first-order valence-electron chi connectivity index (χ1n) is 5.84. The Kier molecular flexibility index (Phi) is 10.1. The van der Waals surface area contributed by atoms with Crippen LogP contribution in [0.15, 0.2) is 6.20 Å². The molecule has 0 spiro atoms. The molecule has 0 aliphatic heterocycles. The first-order chi connectivity index (χ1) is 7.54. The van der Waals surface area contributed by atoms with E-state index in [-0.39, 0.29) is 17.2 Å². The first-order valence-corrected chi connectivity index (χ1v) is 5.84. The lowest BCUT2D eigenvalue weighted by atomic mass is 10.0. The van der Waals surface area contributed by atoms with Crippen molar-refractivity contribution in [1.29, 1.82) is 0 Å². The largest absolute Gasteiger partial charge is 0.255 e. The molecule has 0 aliphatic carbocycles. The summed E-state index contributed by atoms with van der Waals surface area (Å²) in [5.41, 5.74) is 0.377. The maximum absolute atomic E-state index is 13.2. The minimum atomic E-state index is -0.562. The minimum absolute atomic E-state index is 0.127. The summed E-state index contributed by atoms with van der Waals surface area (Å²) in [7, 11) is 0. The highest BCUT2D eigenvalue weighted by Crippen LogP contribution is 2.22. The first kappa shape index (κ1) is 17.4. The zero-order chi connectivity index (χ0) is 13.3. The van der Waals surface area contributed by atoms with Gasteiger partial charge in [-0.05, 0) is 12.8 Å². The summed E-state index contributed by atoms with van der Waals surface area (Å²) in [4.78, 5) is 3.57. The fraction of sp³-hybridized carbons (Fsp3) is 0.615. The number of hydrogen-bond acceptors (Lipinski definition) is 1. The highest BCUT2D eigenvalue weighted by atomic mass is 19.1. The molecule has 1 aromatic heterocycles. The number of rotatable bonds is 1. The molecule has 0 aliphatic rings. The molecule has 0 N–H and O–H groups in total. The molecular formula is C13H23F2N. The van der Waals surface area contributed by atoms with Crippen molar-refractivity contribution in [3.05, 3.63) is 29.1 Å². The van der Waals surface area contributed by atoms with E-state index in [0.717, 1.165) is 6.20 Å². The normalized spacial score (nSPS) is 8.88. The van der Waals surface area contributed by atoms with Crippen LogP contribution in [0.4, 0.5) is 8.78 Å². The molecule has 0 saturated heterocycles. The van der Waals surface area contributed by atoms with Crippen molar-refractivity contribution >= 4 is 0 Å². The van der Waals surface area contributed by atoms with E-state index in [1.54, 1.807) is 13.8 Å². The van der Waals surface area contributed by atoms with Crippen LogP contribution in [0.5, 0.6) is 0 Å². The molecule has 0 amide bonds. The van der Waals surface area contributed by atoms with Crippen LogP contribution in [0.25, 0.3) is 0 Å². The molecule has 1 aromatic rings. The number of hydrogen-bond donors (Lipinski definition) is 0. The van der Waals surface area contributed by atoms with Crippen LogP contribution in [0.2, 0.25) is 0 Å². The summed E-state index contributed by atoms with van der Waals surface area (Å²) in [5, 5.41) is 0. The van der Waals surface area contributed by atoms with Crippen molar-refractivity contribution < 1.29 is 8.78 Å². The van der Waals surface area contributed by atoms with Crippen LogP contribution < -0.4 is 0 Å². The van der Waals surface area contributed by atoms with E-state index in [4.69, 9.17) is 0 Å². The number of pyridine rings is 1. The van der Waals surface area contributed by atoms with Gasteiger partial charge in [-0.3, -0.25) is 4.98 Å². The number of aryl methyl sites for hydroxylation is 1. The molecule has 16 heavy (non-hydrogen) atoms. The maximum atomic E-state index is 13.2. The Morgan fingerprint density at radius 3 is 1.81 bits per heavy atom. The molecule has 0 bridgehead atoms. The highest BCUT2D eigenvalue weighted by molar-refractivity contribution is 5.23. The Balaban J connectivity index is 0. The third kappa shape index (κ3) is 4.69. The Hall–Kier alpha value is -0.990. The van der Waals surface area contributed by atoms with Crippen molar-refractivity contribution in [2.75, 3.05) is 0 Å². The molecular weight excluding hydrogens is 208 g/mol. The second-order valence-electron chi connectivity index (χ2n) is 3.07. The minimum Gasteiger partial charge on any atom is -0.255 e. The van der Waals surface area contributed by atoms with Gasteiger partial charge in [0, 0.05) is 5.56 Å². The predicted octanol–water partition coefficient (Wildman–Crippen LogP) is 4.84. The molecule has 94 valence electrons. The monoisotopic (exact) mass is 231 g/mol. The third-order valence-electron chi connectivity index (χ3n) is 1.76. The van der Waals surface area contributed by atoms with E-state index in [0.29, 0.717) is 0 Å². The summed E-state index contributed by atoms with van der Waals surface area (Å²) >= 11 is 0. The molecule has 0 aromatic carbocycles. The van der Waals surface area contributed by atoms with Gasteiger partial charge in [0.2, 0.25) is 0 Å². The van der Waals surface area contributed by atoms with Gasteiger partial charge in [0.05, 0.1) is 11.9 Å². The van der Waals surface area contributed by atoms with Gasteiger partial charge in [-0.15, -0.1) is 0 Å². The van der Waals surface area contributed by atoms with Crippen LogP contribution in [-0.2, 0) is 0 Å². The lowest BCUT2D eigenvalue weighted by molar-refractivity contribution is 0.525. The van der Waals surface area contributed by atoms with Crippen LogP contribution in [0, 0.1) is 18.6 Å². The molecule has 0 unspecified atom stereocenters. The van der Waals surface area contributed by atoms with E-state index in [1.807, 2.05) is 27.7 Å². The highest BCUT2D eigenvalue weighted by Gasteiger charge is 2.14. The smallest absolute Gasteiger partial charge is 0.150 e. The molecule has 0 radical (unpaired) electrons. The predicted molar refractivity (Wildman–Crippen MR) is 65.7 cm³/mol. The fourth-order valence-electron chi connectivity index (χ4n) is 1.11. The third-order valence-corrected chi connectivity index (χ3v) is 1.76. The molecule has 1 rings (SSSR count). The van der Waals surface area contributed by atoms with E-state index in [9.17, 15) is 8.78 Å².